The largest absolute Gasteiger partial charge is 0.355 e. The second-order valence-corrected chi connectivity index (χ2v) is 6.70. The Kier molecular flexibility index (Phi) is 5.55. The van der Waals surface area contributed by atoms with Crippen molar-refractivity contribution in [3.05, 3.63) is 35.9 Å². The van der Waals surface area contributed by atoms with E-state index < -0.39 is 0 Å². The van der Waals surface area contributed by atoms with Crippen molar-refractivity contribution in [3.63, 3.8) is 0 Å². The highest BCUT2D eigenvalue weighted by Crippen LogP contribution is 2.27. The van der Waals surface area contributed by atoms with E-state index in [1.165, 1.54) is 31.4 Å². The van der Waals surface area contributed by atoms with Gasteiger partial charge in [0.25, 0.3) is 0 Å². The Labute approximate surface area is 140 Å². The predicted molar refractivity (Wildman–Crippen MR) is 97.0 cm³/mol. The van der Waals surface area contributed by atoms with E-state index in [0.717, 1.165) is 32.1 Å². The number of nitrogens with one attached hydrogen (secondary N) is 1. The second-order valence-electron chi connectivity index (χ2n) is 6.70. The molecule has 23 heavy (non-hydrogen) atoms. The van der Waals surface area contributed by atoms with Crippen LogP contribution in [0.2, 0.25) is 0 Å². The molecule has 1 aromatic rings. The van der Waals surface area contributed by atoms with Crippen LogP contribution in [0.3, 0.4) is 0 Å². The van der Waals surface area contributed by atoms with Crippen LogP contribution in [0.4, 0.5) is 0 Å². The number of nitrogens with zero attached hydrogens (tertiary/aromatic N) is 3. The Morgan fingerprint density at radius 3 is 2.78 bits per heavy atom. The third-order valence-corrected chi connectivity index (χ3v) is 5.37. The van der Waals surface area contributed by atoms with Gasteiger partial charge in [0.1, 0.15) is 0 Å². The summed E-state index contributed by atoms with van der Waals surface area (Å²) >= 11 is 0. The average Bonchev–Trinajstić information content (AvgIpc) is 3.25. The smallest absolute Gasteiger partial charge is 0.193 e. The molecule has 1 aromatic carbocycles. The molecule has 2 aliphatic heterocycles. The van der Waals surface area contributed by atoms with Crippen LogP contribution in [0.15, 0.2) is 35.3 Å². The maximum atomic E-state index is 4.52. The highest BCUT2D eigenvalue weighted by molar-refractivity contribution is 5.80. The van der Waals surface area contributed by atoms with Crippen LogP contribution >= 0.6 is 0 Å². The maximum absolute atomic E-state index is 4.52. The first-order valence-electron chi connectivity index (χ1n) is 9.06. The van der Waals surface area contributed by atoms with Gasteiger partial charge in [0.05, 0.1) is 0 Å². The molecule has 0 radical (unpaired) electrons. The lowest BCUT2D eigenvalue weighted by atomic mass is 9.99. The predicted octanol–water partition coefficient (Wildman–Crippen LogP) is 2.54. The third kappa shape index (κ3) is 3.86. The van der Waals surface area contributed by atoms with Gasteiger partial charge in [-0.2, -0.15) is 0 Å². The van der Waals surface area contributed by atoms with Crippen molar-refractivity contribution in [2.45, 2.75) is 38.1 Å². The molecule has 0 amide bonds. The summed E-state index contributed by atoms with van der Waals surface area (Å²) in [4.78, 5) is 9.52. The average molecular weight is 314 g/mol. The molecule has 0 aliphatic carbocycles. The van der Waals surface area contributed by atoms with Crippen LogP contribution in [0.1, 0.15) is 37.7 Å². The van der Waals surface area contributed by atoms with Crippen molar-refractivity contribution in [1.29, 1.82) is 0 Å². The molecule has 2 fully saturated rings. The lowest BCUT2D eigenvalue weighted by Crippen LogP contribution is -2.46. The number of aliphatic imine (C=N–C) groups is 1. The summed E-state index contributed by atoms with van der Waals surface area (Å²) in [6.07, 6.45) is 3.86. The van der Waals surface area contributed by atoms with E-state index in [1.54, 1.807) is 0 Å². The first kappa shape index (κ1) is 16.3. The van der Waals surface area contributed by atoms with Crippen LogP contribution in [0.25, 0.3) is 0 Å². The van der Waals surface area contributed by atoms with Crippen LogP contribution in [-0.4, -0.2) is 61.6 Å². The lowest BCUT2D eigenvalue weighted by Gasteiger charge is -2.27. The number of guanidine groups is 1. The normalized spacial score (nSPS) is 26.0. The van der Waals surface area contributed by atoms with Crippen molar-refractivity contribution in [1.82, 2.24) is 15.1 Å². The summed E-state index contributed by atoms with van der Waals surface area (Å²) in [7, 11) is 1.91. The Bertz CT molecular complexity index is 513. The first-order valence-corrected chi connectivity index (χ1v) is 9.06. The van der Waals surface area contributed by atoms with Gasteiger partial charge in [-0.05, 0) is 37.9 Å². The molecule has 2 unspecified atom stereocenters. The second kappa shape index (κ2) is 7.82. The Hall–Kier alpha value is -1.55. The maximum Gasteiger partial charge on any atom is 0.193 e. The van der Waals surface area contributed by atoms with Gasteiger partial charge in [-0.25, -0.2) is 0 Å². The van der Waals surface area contributed by atoms with Gasteiger partial charge in [0.15, 0.2) is 5.96 Å². The van der Waals surface area contributed by atoms with Crippen molar-refractivity contribution in [2.75, 3.05) is 39.8 Å². The molecule has 0 aromatic heterocycles. The van der Waals surface area contributed by atoms with E-state index in [4.69, 9.17) is 0 Å². The van der Waals surface area contributed by atoms with Gasteiger partial charge < -0.3 is 10.2 Å². The zero-order chi connectivity index (χ0) is 16.1. The van der Waals surface area contributed by atoms with Gasteiger partial charge in [-0.3, -0.25) is 9.89 Å². The van der Waals surface area contributed by atoms with Crippen LogP contribution in [0.5, 0.6) is 0 Å². The third-order valence-electron chi connectivity index (χ3n) is 5.37. The highest BCUT2D eigenvalue weighted by Gasteiger charge is 2.27. The van der Waals surface area contributed by atoms with Gasteiger partial charge in [0, 0.05) is 38.6 Å². The molecule has 2 aliphatic rings. The molecule has 0 bridgehead atoms. The van der Waals surface area contributed by atoms with Crippen molar-refractivity contribution >= 4 is 5.96 Å². The molecule has 0 spiro atoms. The van der Waals surface area contributed by atoms with Gasteiger partial charge in [-0.15, -0.1) is 0 Å². The van der Waals surface area contributed by atoms with Crippen LogP contribution < -0.4 is 5.32 Å². The summed E-state index contributed by atoms with van der Waals surface area (Å²) in [6, 6.07) is 11.6. The summed E-state index contributed by atoms with van der Waals surface area (Å²) in [6.45, 7) is 7.87. The fourth-order valence-electron chi connectivity index (χ4n) is 4.03. The Morgan fingerprint density at radius 1 is 1.22 bits per heavy atom. The zero-order valence-corrected chi connectivity index (χ0v) is 14.5. The number of benzene rings is 1. The molecule has 4 nitrogen and oxygen atoms in total. The summed E-state index contributed by atoms with van der Waals surface area (Å²) < 4.78 is 0. The minimum atomic E-state index is 0.633. The molecule has 2 heterocycles. The zero-order valence-electron chi connectivity index (χ0n) is 14.5. The van der Waals surface area contributed by atoms with Crippen LogP contribution in [0, 0.1) is 0 Å². The van der Waals surface area contributed by atoms with E-state index >= 15 is 0 Å². The summed E-state index contributed by atoms with van der Waals surface area (Å²) in [5.74, 6) is 1.71. The van der Waals surface area contributed by atoms with Gasteiger partial charge in [0.2, 0.25) is 0 Å². The molecule has 4 heteroatoms. The first-order chi connectivity index (χ1) is 11.3. The summed E-state index contributed by atoms with van der Waals surface area (Å²) in [5, 5.41) is 3.62. The number of hydrogen-bond acceptors (Lipinski definition) is 2. The van der Waals surface area contributed by atoms with Crippen molar-refractivity contribution in [2.24, 2.45) is 4.99 Å². The van der Waals surface area contributed by atoms with E-state index in [0.29, 0.717) is 12.0 Å². The number of likely N-dealkylation sites (N-methyl/N-ethyl adjacent to an activating group) is 1. The quantitative estimate of drug-likeness (QED) is 0.684. The topological polar surface area (TPSA) is 30.9 Å². The molecule has 0 saturated carbocycles. The minimum Gasteiger partial charge on any atom is -0.355 e. The molecule has 2 saturated heterocycles. The fourth-order valence-corrected chi connectivity index (χ4v) is 4.03. The molecule has 2 atom stereocenters. The fraction of sp³-hybridized carbons (Fsp3) is 0.632. The van der Waals surface area contributed by atoms with Crippen molar-refractivity contribution < 1.29 is 0 Å². The molecule has 126 valence electrons. The van der Waals surface area contributed by atoms with Crippen LogP contribution in [-0.2, 0) is 0 Å². The highest BCUT2D eigenvalue weighted by atomic mass is 15.3. The molecular weight excluding hydrogens is 284 g/mol. The number of likely N-dealkylation sites (tertiary alicyclic amines) is 2. The molecular formula is C19H30N4. The van der Waals surface area contributed by atoms with Gasteiger partial charge in [-0.1, -0.05) is 37.3 Å². The van der Waals surface area contributed by atoms with E-state index in [1.807, 2.05) is 7.05 Å². The van der Waals surface area contributed by atoms with E-state index in [9.17, 15) is 0 Å². The minimum absolute atomic E-state index is 0.633. The Balaban J connectivity index is 1.53. The van der Waals surface area contributed by atoms with Crippen molar-refractivity contribution in [3.8, 4) is 0 Å². The lowest BCUT2D eigenvalue weighted by molar-refractivity contribution is 0.265. The SMILES string of the molecule is CCN1CCCC1CNC(=NC)N1CCC(c2ccccc2)C1. The van der Waals surface area contributed by atoms with Gasteiger partial charge >= 0.3 is 0 Å². The number of hydrogen-bond donors (Lipinski definition) is 1. The molecule has 1 N–H and O–H groups in total. The van der Waals surface area contributed by atoms with E-state index in [2.05, 4.69) is 57.4 Å². The Morgan fingerprint density at radius 2 is 2.04 bits per heavy atom. The summed E-state index contributed by atoms with van der Waals surface area (Å²) in [5.41, 5.74) is 1.46. The van der Waals surface area contributed by atoms with E-state index in [-0.39, 0.29) is 0 Å². The molecule has 3 rings (SSSR count). The number of rotatable bonds is 4. The standard InChI is InChI=1S/C19H30N4/c1-3-22-12-7-10-18(22)14-21-19(20-2)23-13-11-17(15-23)16-8-5-4-6-9-16/h4-6,8-9,17-18H,3,7,10-15H2,1-2H3,(H,20,21). The monoisotopic (exact) mass is 314 g/mol.